The quantitative estimate of drug-likeness (QED) is 0.878. The predicted octanol–water partition coefficient (Wildman–Crippen LogP) is 2.46. The Morgan fingerprint density at radius 3 is 2.65 bits per heavy atom. The summed E-state index contributed by atoms with van der Waals surface area (Å²) in [7, 11) is 0. The van der Waals surface area contributed by atoms with Crippen LogP contribution in [0.2, 0.25) is 0 Å². The summed E-state index contributed by atoms with van der Waals surface area (Å²) in [4.78, 5) is 2.23. The van der Waals surface area contributed by atoms with Crippen LogP contribution >= 0.6 is 15.9 Å². The fourth-order valence-electron chi connectivity index (χ4n) is 2.05. The van der Waals surface area contributed by atoms with Crippen LogP contribution in [0.4, 0.5) is 5.69 Å². The number of rotatable bonds is 5. The third-order valence-corrected chi connectivity index (χ3v) is 3.78. The maximum Gasteiger partial charge on any atom is 0.0772 e. The second-order valence-corrected chi connectivity index (χ2v) is 5.38. The Morgan fingerprint density at radius 2 is 2.18 bits per heavy atom. The van der Waals surface area contributed by atoms with E-state index in [2.05, 4.69) is 20.8 Å². The zero-order chi connectivity index (χ0) is 12.4. The minimum absolute atomic E-state index is 0.173. The summed E-state index contributed by atoms with van der Waals surface area (Å²) in [5.41, 5.74) is 2.01. The number of halogens is 1. The summed E-state index contributed by atoms with van der Waals surface area (Å²) in [6, 6.07) is 6.56. The van der Waals surface area contributed by atoms with Crippen LogP contribution in [0.1, 0.15) is 31.4 Å². The highest BCUT2D eigenvalue weighted by Crippen LogP contribution is 2.34. The van der Waals surface area contributed by atoms with Gasteiger partial charge in [0.05, 0.1) is 12.7 Å². The molecule has 2 rings (SSSR count). The van der Waals surface area contributed by atoms with E-state index in [1.54, 1.807) is 6.92 Å². The van der Waals surface area contributed by atoms with Crippen LogP contribution in [0.5, 0.6) is 0 Å². The summed E-state index contributed by atoms with van der Waals surface area (Å²) in [6.07, 6.45) is 1.94. The average Bonchev–Trinajstić information content (AvgIpc) is 3.09. The zero-order valence-electron chi connectivity index (χ0n) is 9.93. The van der Waals surface area contributed by atoms with Crippen molar-refractivity contribution in [1.29, 1.82) is 0 Å². The van der Waals surface area contributed by atoms with Gasteiger partial charge in [-0.15, -0.1) is 0 Å². The SMILES string of the molecule is C[C@H](O)c1ccc(N(CCO)C2CC2)cc1Br. The van der Waals surface area contributed by atoms with Crippen molar-refractivity contribution >= 4 is 21.6 Å². The Morgan fingerprint density at radius 1 is 1.47 bits per heavy atom. The highest BCUT2D eigenvalue weighted by atomic mass is 79.9. The molecule has 94 valence electrons. The maximum absolute atomic E-state index is 9.58. The van der Waals surface area contributed by atoms with Gasteiger partial charge in [-0.25, -0.2) is 0 Å². The molecule has 0 aromatic heterocycles. The molecule has 0 spiro atoms. The lowest BCUT2D eigenvalue weighted by Gasteiger charge is -2.24. The highest BCUT2D eigenvalue weighted by molar-refractivity contribution is 9.10. The van der Waals surface area contributed by atoms with E-state index in [4.69, 9.17) is 5.11 Å². The summed E-state index contributed by atoms with van der Waals surface area (Å²) in [5, 5.41) is 18.7. The minimum Gasteiger partial charge on any atom is -0.395 e. The standard InChI is InChI=1S/C13H18BrNO2/c1-9(17)12-5-4-11(8-13(12)14)15(6-7-16)10-2-3-10/h4-5,8-10,16-17H,2-3,6-7H2,1H3/t9-/m0/s1. The number of aliphatic hydroxyl groups excluding tert-OH is 2. The molecule has 1 fully saturated rings. The largest absolute Gasteiger partial charge is 0.395 e. The first kappa shape index (κ1) is 12.9. The summed E-state index contributed by atoms with van der Waals surface area (Å²) < 4.78 is 0.925. The van der Waals surface area contributed by atoms with E-state index in [0.717, 1.165) is 15.7 Å². The van der Waals surface area contributed by atoms with Gasteiger partial charge in [0.2, 0.25) is 0 Å². The first-order valence-corrected chi connectivity index (χ1v) is 6.77. The monoisotopic (exact) mass is 299 g/mol. The molecule has 0 saturated heterocycles. The number of aliphatic hydroxyl groups is 2. The van der Waals surface area contributed by atoms with Gasteiger partial charge in [-0.3, -0.25) is 0 Å². The van der Waals surface area contributed by atoms with E-state index in [1.165, 1.54) is 12.8 Å². The maximum atomic E-state index is 9.58. The second-order valence-electron chi connectivity index (χ2n) is 4.53. The topological polar surface area (TPSA) is 43.7 Å². The molecule has 1 atom stereocenters. The molecule has 0 radical (unpaired) electrons. The smallest absolute Gasteiger partial charge is 0.0772 e. The van der Waals surface area contributed by atoms with Crippen LogP contribution in [-0.4, -0.2) is 29.4 Å². The predicted molar refractivity (Wildman–Crippen MR) is 72.2 cm³/mol. The van der Waals surface area contributed by atoms with Crippen LogP contribution in [0.15, 0.2) is 22.7 Å². The fraction of sp³-hybridized carbons (Fsp3) is 0.538. The number of hydrogen-bond acceptors (Lipinski definition) is 3. The Balaban J connectivity index is 2.22. The van der Waals surface area contributed by atoms with E-state index >= 15 is 0 Å². The molecule has 1 aromatic carbocycles. The molecule has 0 heterocycles. The Hall–Kier alpha value is -0.580. The van der Waals surface area contributed by atoms with Gasteiger partial charge in [0.1, 0.15) is 0 Å². The van der Waals surface area contributed by atoms with Gasteiger partial charge in [-0.2, -0.15) is 0 Å². The molecule has 0 bridgehead atoms. The lowest BCUT2D eigenvalue weighted by molar-refractivity contribution is 0.198. The number of hydrogen-bond donors (Lipinski definition) is 2. The van der Waals surface area contributed by atoms with E-state index in [0.29, 0.717) is 12.6 Å². The lowest BCUT2D eigenvalue weighted by atomic mass is 10.1. The molecule has 3 nitrogen and oxygen atoms in total. The van der Waals surface area contributed by atoms with Crippen LogP contribution in [0.3, 0.4) is 0 Å². The van der Waals surface area contributed by atoms with Crippen LogP contribution in [-0.2, 0) is 0 Å². The van der Waals surface area contributed by atoms with Crippen molar-refractivity contribution in [3.8, 4) is 0 Å². The Kier molecular flexibility index (Phi) is 4.07. The number of anilines is 1. The van der Waals surface area contributed by atoms with Crippen LogP contribution < -0.4 is 4.90 Å². The zero-order valence-corrected chi connectivity index (χ0v) is 11.5. The second kappa shape index (κ2) is 5.38. The number of benzene rings is 1. The molecular weight excluding hydrogens is 282 g/mol. The van der Waals surface area contributed by atoms with Crippen molar-refractivity contribution < 1.29 is 10.2 Å². The van der Waals surface area contributed by atoms with E-state index in [1.807, 2.05) is 18.2 Å². The molecule has 4 heteroatoms. The van der Waals surface area contributed by atoms with Crippen LogP contribution in [0.25, 0.3) is 0 Å². The molecule has 17 heavy (non-hydrogen) atoms. The van der Waals surface area contributed by atoms with Gasteiger partial charge < -0.3 is 15.1 Å². The molecule has 1 aliphatic rings. The fourth-order valence-corrected chi connectivity index (χ4v) is 2.75. The first-order chi connectivity index (χ1) is 8.13. The van der Waals surface area contributed by atoms with Crippen molar-refractivity contribution in [1.82, 2.24) is 0 Å². The third kappa shape index (κ3) is 3.00. The Labute approximate surface area is 110 Å². The van der Waals surface area contributed by atoms with Crippen molar-refractivity contribution in [2.45, 2.75) is 31.9 Å². The molecule has 1 saturated carbocycles. The molecular formula is C13H18BrNO2. The van der Waals surface area contributed by atoms with Gasteiger partial charge in [-0.05, 0) is 37.5 Å². The van der Waals surface area contributed by atoms with E-state index in [9.17, 15) is 5.11 Å². The van der Waals surface area contributed by atoms with Gasteiger partial charge in [0.25, 0.3) is 0 Å². The highest BCUT2D eigenvalue weighted by Gasteiger charge is 2.29. The minimum atomic E-state index is -0.467. The van der Waals surface area contributed by atoms with Crippen molar-refractivity contribution in [3.05, 3.63) is 28.2 Å². The van der Waals surface area contributed by atoms with Gasteiger partial charge in [-0.1, -0.05) is 22.0 Å². The summed E-state index contributed by atoms with van der Waals surface area (Å²) in [5.74, 6) is 0. The van der Waals surface area contributed by atoms with Gasteiger partial charge in [0.15, 0.2) is 0 Å². The first-order valence-electron chi connectivity index (χ1n) is 5.98. The van der Waals surface area contributed by atoms with Crippen molar-refractivity contribution in [2.24, 2.45) is 0 Å². The Bertz CT molecular complexity index is 391. The molecule has 0 unspecified atom stereocenters. The normalized spacial score (nSPS) is 16.9. The van der Waals surface area contributed by atoms with Gasteiger partial charge in [0, 0.05) is 22.7 Å². The van der Waals surface area contributed by atoms with Crippen LogP contribution in [0, 0.1) is 0 Å². The molecule has 1 aliphatic carbocycles. The molecule has 2 N–H and O–H groups in total. The van der Waals surface area contributed by atoms with Crippen molar-refractivity contribution in [2.75, 3.05) is 18.1 Å². The van der Waals surface area contributed by atoms with E-state index in [-0.39, 0.29) is 6.61 Å². The third-order valence-electron chi connectivity index (χ3n) is 3.09. The summed E-state index contributed by atoms with van der Waals surface area (Å²) >= 11 is 3.49. The summed E-state index contributed by atoms with van der Waals surface area (Å²) in [6.45, 7) is 2.60. The van der Waals surface area contributed by atoms with E-state index < -0.39 is 6.10 Å². The number of nitrogens with zero attached hydrogens (tertiary/aromatic N) is 1. The molecule has 0 aliphatic heterocycles. The lowest BCUT2D eigenvalue weighted by Crippen LogP contribution is -2.28. The molecule has 0 amide bonds. The molecule has 1 aromatic rings. The van der Waals surface area contributed by atoms with Gasteiger partial charge >= 0.3 is 0 Å². The van der Waals surface area contributed by atoms with Crippen molar-refractivity contribution in [3.63, 3.8) is 0 Å². The average molecular weight is 300 g/mol.